The lowest BCUT2D eigenvalue weighted by molar-refractivity contribution is 0.208. The van der Waals surface area contributed by atoms with Crippen LogP contribution in [0.3, 0.4) is 0 Å². The van der Waals surface area contributed by atoms with Crippen molar-refractivity contribution < 1.29 is 14.2 Å². The Morgan fingerprint density at radius 3 is 2.94 bits per heavy atom. The topological polar surface area (TPSA) is 55.2 Å². The number of aliphatic hydroxyl groups is 1. The first-order valence-corrected chi connectivity index (χ1v) is 5.35. The highest BCUT2D eigenvalue weighted by molar-refractivity contribution is 7.03. The number of rotatable bonds is 3. The molecule has 16 heavy (non-hydrogen) atoms. The minimum absolute atomic E-state index is 0.0970. The fraction of sp³-hybridized carbons (Fsp3) is 0.200. The van der Waals surface area contributed by atoms with Gasteiger partial charge in [0.25, 0.3) is 0 Å². The lowest BCUT2D eigenvalue weighted by Crippen LogP contribution is -2.04. The molecular weight excluding hydrogens is 231 g/mol. The highest BCUT2D eigenvalue weighted by atomic mass is 32.1. The summed E-state index contributed by atoms with van der Waals surface area (Å²) in [6.07, 6.45) is -1.12. The number of ether oxygens (including phenoxy) is 1. The van der Waals surface area contributed by atoms with Crippen LogP contribution >= 0.6 is 11.5 Å². The van der Waals surface area contributed by atoms with Crippen LogP contribution in [0.15, 0.2) is 23.6 Å². The number of halogens is 1. The van der Waals surface area contributed by atoms with Gasteiger partial charge in [-0.05, 0) is 17.6 Å². The molecule has 0 saturated carbocycles. The number of methoxy groups -OCH3 is 1. The molecule has 0 aliphatic rings. The Morgan fingerprint density at radius 2 is 2.31 bits per heavy atom. The van der Waals surface area contributed by atoms with E-state index < -0.39 is 11.9 Å². The predicted octanol–water partition coefficient (Wildman–Crippen LogP) is 1.77. The van der Waals surface area contributed by atoms with Crippen LogP contribution in [0.1, 0.15) is 17.4 Å². The van der Waals surface area contributed by atoms with Gasteiger partial charge in [-0.2, -0.15) is 0 Å². The van der Waals surface area contributed by atoms with E-state index in [0.717, 1.165) is 11.5 Å². The van der Waals surface area contributed by atoms with E-state index in [2.05, 4.69) is 9.59 Å². The van der Waals surface area contributed by atoms with Gasteiger partial charge in [-0.1, -0.05) is 16.6 Å². The van der Waals surface area contributed by atoms with E-state index in [1.165, 1.54) is 19.2 Å². The number of aromatic nitrogens is 2. The van der Waals surface area contributed by atoms with Gasteiger partial charge in [0, 0.05) is 10.9 Å². The molecule has 1 aromatic carbocycles. The van der Waals surface area contributed by atoms with Gasteiger partial charge in [0.1, 0.15) is 11.8 Å². The average Bonchev–Trinajstić information content (AvgIpc) is 2.82. The van der Waals surface area contributed by atoms with E-state index in [1.807, 2.05) is 0 Å². The smallest absolute Gasteiger partial charge is 0.171 e. The molecule has 0 aliphatic heterocycles. The van der Waals surface area contributed by atoms with Gasteiger partial charge in [0.2, 0.25) is 0 Å². The molecule has 2 aromatic rings. The number of aliphatic hydroxyl groups excluding tert-OH is 1. The maximum Gasteiger partial charge on any atom is 0.171 e. The van der Waals surface area contributed by atoms with Gasteiger partial charge in [0.05, 0.1) is 7.11 Å². The van der Waals surface area contributed by atoms with Crippen molar-refractivity contribution in [1.82, 2.24) is 9.59 Å². The summed E-state index contributed by atoms with van der Waals surface area (Å²) >= 11 is 1.10. The van der Waals surface area contributed by atoms with Crippen LogP contribution in [-0.2, 0) is 0 Å². The van der Waals surface area contributed by atoms with Crippen molar-refractivity contribution in [2.45, 2.75) is 6.10 Å². The normalized spacial score (nSPS) is 12.4. The Hall–Kier alpha value is -1.53. The molecule has 0 bridgehead atoms. The fourth-order valence-electron chi connectivity index (χ4n) is 1.35. The molecule has 0 aliphatic carbocycles. The summed E-state index contributed by atoms with van der Waals surface area (Å²) in [5, 5.41) is 15.2. The van der Waals surface area contributed by atoms with Gasteiger partial charge < -0.3 is 9.84 Å². The number of benzene rings is 1. The molecular formula is C10H9FN2O2S. The second kappa shape index (κ2) is 4.54. The Bertz CT molecular complexity index is 476. The van der Waals surface area contributed by atoms with Gasteiger partial charge >= 0.3 is 0 Å². The first-order chi connectivity index (χ1) is 7.74. The maximum absolute atomic E-state index is 13.8. The molecule has 0 amide bonds. The lowest BCUT2D eigenvalue weighted by Gasteiger charge is -2.11. The molecule has 2 rings (SSSR count). The molecule has 1 aromatic heterocycles. The Balaban J connectivity index is 2.41. The van der Waals surface area contributed by atoms with Crippen molar-refractivity contribution in [3.05, 3.63) is 40.7 Å². The Kier molecular flexibility index (Phi) is 3.12. The summed E-state index contributed by atoms with van der Waals surface area (Å²) in [7, 11) is 1.37. The predicted molar refractivity (Wildman–Crippen MR) is 56.9 cm³/mol. The molecule has 1 N–H and O–H groups in total. The molecule has 0 saturated heterocycles. The minimum Gasteiger partial charge on any atom is -0.494 e. The zero-order valence-corrected chi connectivity index (χ0v) is 9.24. The highest BCUT2D eigenvalue weighted by Crippen LogP contribution is 2.28. The first-order valence-electron chi connectivity index (χ1n) is 4.51. The summed E-state index contributed by atoms with van der Waals surface area (Å²) in [6.45, 7) is 0. The third-order valence-electron chi connectivity index (χ3n) is 2.16. The Morgan fingerprint density at radius 1 is 1.50 bits per heavy atom. The van der Waals surface area contributed by atoms with Gasteiger partial charge in [0.15, 0.2) is 11.6 Å². The first kappa shape index (κ1) is 11.0. The van der Waals surface area contributed by atoms with E-state index in [9.17, 15) is 9.50 Å². The van der Waals surface area contributed by atoms with E-state index in [-0.39, 0.29) is 11.3 Å². The molecule has 1 unspecified atom stereocenters. The van der Waals surface area contributed by atoms with E-state index in [1.54, 1.807) is 11.4 Å². The highest BCUT2D eigenvalue weighted by Gasteiger charge is 2.19. The van der Waals surface area contributed by atoms with Crippen LogP contribution in [-0.4, -0.2) is 21.8 Å². The van der Waals surface area contributed by atoms with Crippen molar-refractivity contribution in [1.29, 1.82) is 0 Å². The third-order valence-corrected chi connectivity index (χ3v) is 2.69. The third kappa shape index (κ3) is 1.89. The standard InChI is InChI=1S/C10H9FN2O2S/c1-15-8-4-2-3-6(9(8)11)10(14)7-5-16-13-12-7/h2-5,10,14H,1H3. The molecule has 0 fully saturated rings. The monoisotopic (exact) mass is 240 g/mol. The van der Waals surface area contributed by atoms with Crippen molar-refractivity contribution in [2.24, 2.45) is 0 Å². The van der Waals surface area contributed by atoms with Gasteiger partial charge in [-0.3, -0.25) is 0 Å². The maximum atomic E-state index is 13.8. The molecule has 1 heterocycles. The fourth-order valence-corrected chi connectivity index (χ4v) is 1.82. The molecule has 4 nitrogen and oxygen atoms in total. The van der Waals surface area contributed by atoms with Crippen LogP contribution in [0.25, 0.3) is 0 Å². The van der Waals surface area contributed by atoms with Gasteiger partial charge in [-0.15, -0.1) is 5.10 Å². The van der Waals surface area contributed by atoms with Crippen molar-refractivity contribution in [2.75, 3.05) is 7.11 Å². The molecule has 1 atom stereocenters. The molecule has 84 valence electrons. The number of hydrogen-bond acceptors (Lipinski definition) is 5. The average molecular weight is 240 g/mol. The van der Waals surface area contributed by atoms with Crippen LogP contribution in [0, 0.1) is 5.82 Å². The van der Waals surface area contributed by atoms with Crippen LogP contribution in [0.5, 0.6) is 5.75 Å². The van der Waals surface area contributed by atoms with Crippen molar-refractivity contribution in [3.63, 3.8) is 0 Å². The SMILES string of the molecule is COc1cccc(C(O)c2csnn2)c1F. The summed E-state index contributed by atoms with van der Waals surface area (Å²) in [5.41, 5.74) is 0.462. The summed E-state index contributed by atoms with van der Waals surface area (Å²) in [6, 6.07) is 4.59. The van der Waals surface area contributed by atoms with Crippen LogP contribution < -0.4 is 4.74 Å². The Labute approximate surface area is 95.5 Å². The summed E-state index contributed by atoms with van der Waals surface area (Å²) in [4.78, 5) is 0. The molecule has 6 heteroatoms. The minimum atomic E-state index is -1.12. The van der Waals surface area contributed by atoms with E-state index in [0.29, 0.717) is 5.69 Å². The van der Waals surface area contributed by atoms with Crippen molar-refractivity contribution in [3.8, 4) is 5.75 Å². The van der Waals surface area contributed by atoms with E-state index >= 15 is 0 Å². The lowest BCUT2D eigenvalue weighted by atomic mass is 10.1. The van der Waals surface area contributed by atoms with E-state index in [4.69, 9.17) is 4.74 Å². The second-order valence-electron chi connectivity index (χ2n) is 3.10. The van der Waals surface area contributed by atoms with Crippen LogP contribution in [0.2, 0.25) is 0 Å². The number of nitrogens with zero attached hydrogens (tertiary/aromatic N) is 2. The van der Waals surface area contributed by atoms with Gasteiger partial charge in [-0.25, -0.2) is 4.39 Å². The zero-order chi connectivity index (χ0) is 11.5. The quantitative estimate of drug-likeness (QED) is 0.888. The van der Waals surface area contributed by atoms with Crippen LogP contribution in [0.4, 0.5) is 4.39 Å². The van der Waals surface area contributed by atoms with Crippen molar-refractivity contribution >= 4 is 11.5 Å². The summed E-state index contributed by atoms with van der Waals surface area (Å²) < 4.78 is 22.2. The number of hydrogen-bond donors (Lipinski definition) is 1. The molecule has 0 spiro atoms. The summed E-state index contributed by atoms with van der Waals surface area (Å²) in [5.74, 6) is -0.481. The zero-order valence-electron chi connectivity index (χ0n) is 8.42. The second-order valence-corrected chi connectivity index (χ2v) is 3.71. The molecule has 0 radical (unpaired) electrons. The largest absolute Gasteiger partial charge is 0.494 e.